The van der Waals surface area contributed by atoms with Gasteiger partial charge in [-0.05, 0) is 25.3 Å². The van der Waals surface area contributed by atoms with Crippen molar-refractivity contribution in [3.8, 4) is 0 Å². The molecule has 3 N–H and O–H groups in total. The lowest BCUT2D eigenvalue weighted by Crippen LogP contribution is -2.42. The van der Waals surface area contributed by atoms with Crippen LogP contribution >= 0.6 is 15.9 Å². The van der Waals surface area contributed by atoms with Crippen LogP contribution in [0.3, 0.4) is 0 Å². The summed E-state index contributed by atoms with van der Waals surface area (Å²) in [6, 6.07) is 0. The number of likely N-dealkylation sites (tertiary alicyclic amines) is 1. The number of nitrogens with two attached hydrogens (primary N) is 1. The highest BCUT2D eigenvalue weighted by atomic mass is 79.9. The summed E-state index contributed by atoms with van der Waals surface area (Å²) in [5.74, 6) is 0.332. The van der Waals surface area contributed by atoms with Crippen LogP contribution in [0, 0.1) is 5.92 Å². The van der Waals surface area contributed by atoms with Crippen LogP contribution in [0.15, 0.2) is 11.1 Å². The van der Waals surface area contributed by atoms with Crippen LogP contribution in [-0.4, -0.2) is 39.5 Å². The van der Waals surface area contributed by atoms with Gasteiger partial charge in [0.15, 0.2) is 0 Å². The summed E-state index contributed by atoms with van der Waals surface area (Å²) < 4.78 is 24.8. The summed E-state index contributed by atoms with van der Waals surface area (Å²) in [7, 11) is -3.56. The largest absolute Gasteiger partial charge is 0.298 e. The van der Waals surface area contributed by atoms with Crippen LogP contribution in [0.25, 0.3) is 0 Å². The lowest BCUT2D eigenvalue weighted by molar-refractivity contribution is 0.191. The highest BCUT2D eigenvalue weighted by Gasteiger charge is 2.20. The molecule has 1 rings (SSSR count). The molecule has 94 valence electrons. The molecule has 0 amide bonds. The zero-order valence-electron chi connectivity index (χ0n) is 9.15. The number of hydrogen-bond donors (Lipinski definition) is 2. The minimum Gasteiger partial charge on any atom is -0.298 e. The highest BCUT2D eigenvalue weighted by Crippen LogP contribution is 2.17. The van der Waals surface area contributed by atoms with Gasteiger partial charge < -0.3 is 0 Å². The van der Waals surface area contributed by atoms with Crippen molar-refractivity contribution >= 4 is 26.1 Å². The Bertz CT molecular complexity index is 345. The van der Waals surface area contributed by atoms with Gasteiger partial charge in [-0.1, -0.05) is 22.5 Å². The number of rotatable bonds is 5. The average Bonchev–Trinajstić information content (AvgIpc) is 2.13. The molecule has 5 nitrogen and oxygen atoms in total. The Labute approximate surface area is 105 Å². The number of nitrogens with one attached hydrogen (secondary N) is 1. The Kier molecular flexibility index (Phi) is 5.39. The van der Waals surface area contributed by atoms with E-state index in [1.807, 2.05) is 0 Å². The first-order chi connectivity index (χ1) is 7.37. The van der Waals surface area contributed by atoms with Gasteiger partial charge in [-0.3, -0.25) is 4.90 Å². The quantitative estimate of drug-likeness (QED) is 0.771. The topological polar surface area (TPSA) is 75.4 Å². The van der Waals surface area contributed by atoms with E-state index in [2.05, 4.69) is 32.1 Å². The lowest BCUT2D eigenvalue weighted by atomic mass is 9.98. The molecule has 16 heavy (non-hydrogen) atoms. The third-order valence-electron chi connectivity index (χ3n) is 2.57. The summed E-state index contributed by atoms with van der Waals surface area (Å²) in [6.07, 6.45) is 2.12. The van der Waals surface area contributed by atoms with Gasteiger partial charge in [-0.2, -0.15) is 8.42 Å². The van der Waals surface area contributed by atoms with Gasteiger partial charge in [0.1, 0.15) is 0 Å². The van der Waals surface area contributed by atoms with Gasteiger partial charge >= 0.3 is 0 Å². The maximum Gasteiger partial charge on any atom is 0.274 e. The predicted molar refractivity (Wildman–Crippen MR) is 68.3 cm³/mol. The summed E-state index contributed by atoms with van der Waals surface area (Å²) in [4.78, 5) is 2.26. The molecule has 0 spiro atoms. The molecular weight excluding hydrogens is 294 g/mol. The monoisotopic (exact) mass is 311 g/mol. The van der Waals surface area contributed by atoms with Gasteiger partial charge in [-0.25, -0.2) is 9.86 Å². The molecule has 0 aromatic heterocycles. The van der Waals surface area contributed by atoms with Crippen LogP contribution in [0.4, 0.5) is 0 Å². The Balaban J connectivity index is 2.36. The first-order valence-electron chi connectivity index (χ1n) is 5.20. The van der Waals surface area contributed by atoms with Crippen molar-refractivity contribution in [1.29, 1.82) is 0 Å². The molecule has 1 fully saturated rings. The minimum atomic E-state index is -3.56. The SMILES string of the molecule is C=C(Br)CN1CCC[C@@H](CNS(N)(=O)=O)C1. The van der Waals surface area contributed by atoms with E-state index in [4.69, 9.17) is 5.14 Å². The summed E-state index contributed by atoms with van der Waals surface area (Å²) in [6.45, 7) is 6.96. The fourth-order valence-electron chi connectivity index (χ4n) is 1.94. The van der Waals surface area contributed by atoms with Gasteiger partial charge in [0.2, 0.25) is 0 Å². The molecule has 0 radical (unpaired) electrons. The second-order valence-corrected chi connectivity index (χ2v) is 6.65. The normalized spacial score (nSPS) is 23.2. The van der Waals surface area contributed by atoms with Crippen LogP contribution < -0.4 is 9.86 Å². The van der Waals surface area contributed by atoms with Crippen LogP contribution in [0.2, 0.25) is 0 Å². The Morgan fingerprint density at radius 3 is 2.88 bits per heavy atom. The van der Waals surface area contributed by atoms with E-state index >= 15 is 0 Å². The molecule has 1 aliphatic heterocycles. The predicted octanol–water partition coefficient (Wildman–Crippen LogP) is 0.400. The van der Waals surface area contributed by atoms with E-state index < -0.39 is 10.2 Å². The standard InChI is InChI=1S/C9H18BrN3O2S/c1-8(10)6-13-4-2-3-9(7-13)5-12-16(11,14)15/h9,12H,1-7H2,(H2,11,14,15)/t9-/m0/s1. The molecule has 1 aliphatic rings. The van der Waals surface area contributed by atoms with Crippen molar-refractivity contribution in [3.05, 3.63) is 11.1 Å². The molecular formula is C9H18BrN3O2S. The van der Waals surface area contributed by atoms with Crippen molar-refractivity contribution < 1.29 is 8.42 Å². The zero-order chi connectivity index (χ0) is 12.2. The van der Waals surface area contributed by atoms with Crippen molar-refractivity contribution in [2.45, 2.75) is 12.8 Å². The van der Waals surface area contributed by atoms with Crippen LogP contribution in [0.5, 0.6) is 0 Å². The first-order valence-corrected chi connectivity index (χ1v) is 7.54. The number of piperidine rings is 1. The highest BCUT2D eigenvalue weighted by molar-refractivity contribution is 9.11. The van der Waals surface area contributed by atoms with E-state index in [0.29, 0.717) is 12.5 Å². The van der Waals surface area contributed by atoms with E-state index in [9.17, 15) is 8.42 Å². The van der Waals surface area contributed by atoms with Crippen LogP contribution in [0.1, 0.15) is 12.8 Å². The second kappa shape index (κ2) is 6.11. The fourth-order valence-corrected chi connectivity index (χ4v) is 2.76. The van der Waals surface area contributed by atoms with Gasteiger partial charge in [-0.15, -0.1) is 0 Å². The van der Waals surface area contributed by atoms with E-state index in [1.165, 1.54) is 0 Å². The second-order valence-electron chi connectivity index (χ2n) is 4.15. The molecule has 1 heterocycles. The molecule has 0 unspecified atom stereocenters. The van der Waals surface area contributed by atoms with Gasteiger partial charge in [0, 0.05) is 24.1 Å². The minimum absolute atomic E-state index is 0.332. The fraction of sp³-hybridized carbons (Fsp3) is 0.778. The Morgan fingerprint density at radius 1 is 1.62 bits per heavy atom. The van der Waals surface area contributed by atoms with E-state index in [1.54, 1.807) is 0 Å². The molecule has 0 saturated carbocycles. The number of hydrogen-bond acceptors (Lipinski definition) is 3. The summed E-state index contributed by atoms with van der Waals surface area (Å²) in [5, 5.41) is 4.89. The Hall–Kier alpha value is 0.0500. The molecule has 1 atom stereocenters. The molecule has 1 saturated heterocycles. The summed E-state index contributed by atoms with van der Waals surface area (Å²) in [5.41, 5.74) is 0. The number of nitrogens with zero attached hydrogens (tertiary/aromatic N) is 1. The maximum atomic E-state index is 10.8. The van der Waals surface area contributed by atoms with Crippen LogP contribution in [-0.2, 0) is 10.2 Å². The van der Waals surface area contributed by atoms with Crippen molar-refractivity contribution in [2.75, 3.05) is 26.2 Å². The van der Waals surface area contributed by atoms with Gasteiger partial charge in [0.25, 0.3) is 10.2 Å². The average molecular weight is 312 g/mol. The maximum absolute atomic E-state index is 10.8. The van der Waals surface area contributed by atoms with Crippen molar-refractivity contribution in [1.82, 2.24) is 9.62 Å². The van der Waals surface area contributed by atoms with Crippen molar-refractivity contribution in [2.24, 2.45) is 11.1 Å². The first kappa shape index (κ1) is 14.1. The third-order valence-corrected chi connectivity index (χ3v) is 3.39. The van der Waals surface area contributed by atoms with E-state index in [0.717, 1.165) is 37.0 Å². The third kappa shape index (κ3) is 5.95. The van der Waals surface area contributed by atoms with Gasteiger partial charge in [0.05, 0.1) is 0 Å². The summed E-state index contributed by atoms with van der Waals surface area (Å²) >= 11 is 3.33. The Morgan fingerprint density at radius 2 is 2.31 bits per heavy atom. The van der Waals surface area contributed by atoms with Crippen molar-refractivity contribution in [3.63, 3.8) is 0 Å². The molecule has 7 heteroatoms. The molecule has 0 bridgehead atoms. The zero-order valence-corrected chi connectivity index (χ0v) is 11.6. The van der Waals surface area contributed by atoms with E-state index in [-0.39, 0.29) is 0 Å². The molecule has 0 aromatic rings. The smallest absolute Gasteiger partial charge is 0.274 e. The molecule has 0 aromatic carbocycles. The molecule has 0 aliphatic carbocycles. The number of halogens is 1. The lowest BCUT2D eigenvalue weighted by Gasteiger charge is -2.32.